The monoisotopic (exact) mass is 353 g/mol. The first-order valence-electron chi connectivity index (χ1n) is 8.40. The van der Waals surface area contributed by atoms with E-state index in [1.54, 1.807) is 16.0 Å². The molecule has 1 aliphatic heterocycles. The Morgan fingerprint density at radius 2 is 2.16 bits per heavy atom. The summed E-state index contributed by atoms with van der Waals surface area (Å²) in [5.74, 6) is -0.130. The van der Waals surface area contributed by atoms with Gasteiger partial charge in [0.2, 0.25) is 0 Å². The lowest BCUT2D eigenvalue weighted by Crippen LogP contribution is -2.33. The average molecular weight is 353 g/mol. The van der Waals surface area contributed by atoms with Crippen LogP contribution in [0.15, 0.2) is 53.9 Å². The van der Waals surface area contributed by atoms with Crippen LogP contribution in [0.4, 0.5) is 0 Å². The van der Waals surface area contributed by atoms with Gasteiger partial charge in [-0.25, -0.2) is 4.68 Å². The second kappa shape index (κ2) is 7.21. The van der Waals surface area contributed by atoms with Gasteiger partial charge in [0.15, 0.2) is 0 Å². The van der Waals surface area contributed by atoms with E-state index in [2.05, 4.69) is 10.4 Å². The van der Waals surface area contributed by atoms with E-state index in [4.69, 9.17) is 4.74 Å². The highest BCUT2D eigenvalue weighted by molar-refractivity contribution is 7.13. The van der Waals surface area contributed by atoms with Crippen molar-refractivity contribution >= 4 is 17.2 Å². The summed E-state index contributed by atoms with van der Waals surface area (Å²) in [5.41, 5.74) is 2.21. The molecule has 1 fully saturated rings. The highest BCUT2D eigenvalue weighted by atomic mass is 32.1. The normalized spacial score (nSPS) is 16.9. The molecule has 25 heavy (non-hydrogen) atoms. The highest BCUT2D eigenvalue weighted by Gasteiger charge is 2.20. The molecule has 2 aromatic heterocycles. The second-order valence-electron chi connectivity index (χ2n) is 5.98. The number of aromatic nitrogens is 2. The maximum atomic E-state index is 12.8. The van der Waals surface area contributed by atoms with Crippen LogP contribution in [0.1, 0.15) is 23.3 Å². The number of hydrogen-bond acceptors (Lipinski definition) is 4. The number of nitrogens with zero attached hydrogens (tertiary/aromatic N) is 2. The molecule has 1 unspecified atom stereocenters. The van der Waals surface area contributed by atoms with Crippen LogP contribution in [0, 0.1) is 0 Å². The molecule has 1 N–H and O–H groups in total. The third kappa shape index (κ3) is 3.50. The number of carbonyl (C=O) groups is 1. The van der Waals surface area contributed by atoms with Crippen LogP contribution in [-0.2, 0) is 4.74 Å². The van der Waals surface area contributed by atoms with E-state index in [9.17, 15) is 4.79 Å². The molecule has 1 atom stereocenters. The van der Waals surface area contributed by atoms with Crippen molar-refractivity contribution in [3.8, 4) is 16.3 Å². The van der Waals surface area contributed by atoms with Gasteiger partial charge in [-0.3, -0.25) is 4.79 Å². The van der Waals surface area contributed by atoms with Crippen LogP contribution in [0.5, 0.6) is 0 Å². The fourth-order valence-corrected chi connectivity index (χ4v) is 3.64. The van der Waals surface area contributed by atoms with Gasteiger partial charge in [-0.1, -0.05) is 24.3 Å². The van der Waals surface area contributed by atoms with Crippen LogP contribution >= 0.6 is 11.3 Å². The molecule has 3 heterocycles. The van der Waals surface area contributed by atoms with Gasteiger partial charge in [0.05, 0.1) is 16.7 Å². The van der Waals surface area contributed by atoms with Crippen LogP contribution in [-0.4, -0.2) is 34.9 Å². The summed E-state index contributed by atoms with van der Waals surface area (Å²) in [6.45, 7) is 1.32. The molecule has 1 aliphatic rings. The number of ether oxygens (including phenoxy) is 1. The first-order valence-corrected chi connectivity index (χ1v) is 9.28. The van der Waals surface area contributed by atoms with Crippen molar-refractivity contribution in [3.63, 3.8) is 0 Å². The molecule has 4 rings (SSSR count). The van der Waals surface area contributed by atoms with Crippen molar-refractivity contribution in [2.24, 2.45) is 0 Å². The van der Waals surface area contributed by atoms with Crippen molar-refractivity contribution in [1.82, 2.24) is 15.1 Å². The third-order valence-corrected chi connectivity index (χ3v) is 5.12. The Morgan fingerprint density at radius 1 is 1.28 bits per heavy atom. The van der Waals surface area contributed by atoms with Gasteiger partial charge in [-0.15, -0.1) is 11.3 Å². The minimum absolute atomic E-state index is 0.119. The Kier molecular flexibility index (Phi) is 4.63. The molecule has 1 aromatic carbocycles. The molecule has 3 aromatic rings. The fraction of sp³-hybridized carbons (Fsp3) is 0.263. The predicted octanol–water partition coefficient (Wildman–Crippen LogP) is 3.51. The summed E-state index contributed by atoms with van der Waals surface area (Å²) in [6, 6.07) is 15.6. The largest absolute Gasteiger partial charge is 0.376 e. The highest BCUT2D eigenvalue weighted by Crippen LogP contribution is 2.25. The number of nitrogens with one attached hydrogen (secondary N) is 1. The molecule has 0 spiro atoms. The lowest BCUT2D eigenvalue weighted by molar-refractivity contribution is 0.0851. The van der Waals surface area contributed by atoms with E-state index in [1.807, 2.05) is 53.9 Å². The molecular weight excluding hydrogens is 334 g/mol. The smallest absolute Gasteiger partial charge is 0.270 e. The van der Waals surface area contributed by atoms with Gasteiger partial charge in [0.25, 0.3) is 5.91 Å². The molecule has 6 heteroatoms. The lowest BCUT2D eigenvalue weighted by atomic mass is 10.2. The van der Waals surface area contributed by atoms with Crippen LogP contribution < -0.4 is 5.32 Å². The Morgan fingerprint density at radius 3 is 2.88 bits per heavy atom. The van der Waals surface area contributed by atoms with Gasteiger partial charge in [-0.05, 0) is 42.5 Å². The van der Waals surface area contributed by atoms with Gasteiger partial charge in [0.1, 0.15) is 11.4 Å². The number of benzene rings is 1. The molecule has 1 saturated heterocycles. The fourth-order valence-electron chi connectivity index (χ4n) is 2.96. The zero-order chi connectivity index (χ0) is 17.1. The van der Waals surface area contributed by atoms with Gasteiger partial charge in [0, 0.05) is 13.2 Å². The summed E-state index contributed by atoms with van der Waals surface area (Å²) in [6.07, 6.45) is 2.18. The van der Waals surface area contributed by atoms with E-state index in [-0.39, 0.29) is 12.0 Å². The second-order valence-corrected chi connectivity index (χ2v) is 6.93. The summed E-state index contributed by atoms with van der Waals surface area (Å²) in [5, 5.41) is 9.66. The predicted molar refractivity (Wildman–Crippen MR) is 98.2 cm³/mol. The number of carbonyl (C=O) groups excluding carboxylic acids is 1. The van der Waals surface area contributed by atoms with Crippen molar-refractivity contribution in [2.75, 3.05) is 13.2 Å². The Balaban J connectivity index is 1.63. The summed E-state index contributed by atoms with van der Waals surface area (Å²) in [4.78, 5) is 13.8. The first-order chi connectivity index (χ1) is 12.3. The lowest BCUT2D eigenvalue weighted by Gasteiger charge is -2.11. The molecule has 0 saturated carbocycles. The Bertz CT molecular complexity index is 837. The summed E-state index contributed by atoms with van der Waals surface area (Å²) >= 11 is 1.61. The van der Waals surface area contributed by atoms with E-state index in [0.717, 1.165) is 35.7 Å². The van der Waals surface area contributed by atoms with Gasteiger partial charge >= 0.3 is 0 Å². The molecule has 5 nitrogen and oxygen atoms in total. The number of thiophene rings is 1. The van der Waals surface area contributed by atoms with E-state index >= 15 is 0 Å². The maximum absolute atomic E-state index is 12.8. The maximum Gasteiger partial charge on any atom is 0.270 e. The number of para-hydroxylation sites is 1. The van der Waals surface area contributed by atoms with Crippen molar-refractivity contribution in [1.29, 1.82) is 0 Å². The minimum atomic E-state index is -0.130. The zero-order valence-corrected chi connectivity index (χ0v) is 14.5. The summed E-state index contributed by atoms with van der Waals surface area (Å²) in [7, 11) is 0. The van der Waals surface area contributed by atoms with Crippen LogP contribution in [0.2, 0.25) is 0 Å². The molecular formula is C19H19N3O2S. The topological polar surface area (TPSA) is 56.1 Å². The molecule has 0 aliphatic carbocycles. The Hall–Kier alpha value is -2.44. The van der Waals surface area contributed by atoms with Crippen molar-refractivity contribution in [2.45, 2.75) is 18.9 Å². The molecule has 0 bridgehead atoms. The van der Waals surface area contributed by atoms with Crippen molar-refractivity contribution in [3.05, 3.63) is 59.6 Å². The number of rotatable bonds is 5. The minimum Gasteiger partial charge on any atom is -0.376 e. The van der Waals surface area contributed by atoms with Crippen molar-refractivity contribution < 1.29 is 9.53 Å². The van der Waals surface area contributed by atoms with E-state index in [1.165, 1.54) is 0 Å². The van der Waals surface area contributed by atoms with E-state index in [0.29, 0.717) is 12.2 Å². The SMILES string of the molecule is O=C(NCC1CCCO1)c1cc(-c2cccs2)nn1-c1ccccc1. The summed E-state index contributed by atoms with van der Waals surface area (Å²) < 4.78 is 7.29. The quantitative estimate of drug-likeness (QED) is 0.764. The third-order valence-electron chi connectivity index (χ3n) is 4.23. The Labute approximate surface area is 150 Å². The molecule has 1 amide bonds. The molecule has 128 valence electrons. The number of hydrogen-bond donors (Lipinski definition) is 1. The van der Waals surface area contributed by atoms with Gasteiger partial charge in [-0.2, -0.15) is 5.10 Å². The van der Waals surface area contributed by atoms with E-state index < -0.39 is 0 Å². The average Bonchev–Trinajstić information content (AvgIpc) is 3.41. The first kappa shape index (κ1) is 16.1. The van der Waals surface area contributed by atoms with Gasteiger partial charge < -0.3 is 10.1 Å². The molecule has 0 radical (unpaired) electrons. The zero-order valence-electron chi connectivity index (χ0n) is 13.7. The standard InChI is InChI=1S/C19H19N3O2S/c23-19(20-13-15-8-4-10-24-15)17-12-16(18-9-5-11-25-18)21-22(17)14-6-2-1-3-7-14/h1-3,5-7,9,11-12,15H,4,8,10,13H2,(H,20,23). The number of amides is 1. The van der Waals surface area contributed by atoms with Crippen LogP contribution in [0.25, 0.3) is 16.3 Å². The van der Waals surface area contributed by atoms with Crippen LogP contribution in [0.3, 0.4) is 0 Å².